The number of allylic oxidation sites excluding steroid dienone is 6. The van der Waals surface area contributed by atoms with E-state index in [0.717, 1.165) is 19.3 Å². The SMILES string of the molecule is C[C@H](CC1=CCC=C(c2ccccc2)C=C1)C[C@@H](C)C(=O)O. The lowest BCUT2D eigenvalue weighted by molar-refractivity contribution is -0.141. The number of aliphatic carboxylic acids is 1. The molecule has 0 amide bonds. The summed E-state index contributed by atoms with van der Waals surface area (Å²) in [6, 6.07) is 10.4. The van der Waals surface area contributed by atoms with Gasteiger partial charge in [0.25, 0.3) is 0 Å². The molecule has 0 unspecified atom stereocenters. The second kappa shape index (κ2) is 7.79. The summed E-state index contributed by atoms with van der Waals surface area (Å²) in [5.74, 6) is -0.603. The molecule has 0 saturated carbocycles. The van der Waals surface area contributed by atoms with Gasteiger partial charge < -0.3 is 5.11 Å². The molecular weight excluding hydrogens is 272 g/mol. The summed E-state index contributed by atoms with van der Waals surface area (Å²) in [6.07, 6.45) is 11.4. The fraction of sp³-hybridized carbons (Fsp3) is 0.350. The molecule has 1 aromatic rings. The summed E-state index contributed by atoms with van der Waals surface area (Å²) in [4.78, 5) is 10.9. The Labute approximate surface area is 132 Å². The Hall–Kier alpha value is -2.09. The Kier molecular flexibility index (Phi) is 5.76. The largest absolute Gasteiger partial charge is 0.481 e. The molecule has 2 nitrogen and oxygen atoms in total. The molecule has 22 heavy (non-hydrogen) atoms. The van der Waals surface area contributed by atoms with E-state index in [9.17, 15) is 4.79 Å². The highest BCUT2D eigenvalue weighted by molar-refractivity contribution is 5.75. The lowest BCUT2D eigenvalue weighted by atomic mass is 9.91. The average Bonchev–Trinajstić information content (AvgIpc) is 2.73. The molecule has 116 valence electrons. The van der Waals surface area contributed by atoms with Crippen LogP contribution in [0.25, 0.3) is 5.57 Å². The highest BCUT2D eigenvalue weighted by Gasteiger charge is 2.15. The minimum absolute atomic E-state index is 0.275. The maximum absolute atomic E-state index is 10.9. The van der Waals surface area contributed by atoms with Crippen molar-refractivity contribution in [2.45, 2.75) is 33.1 Å². The predicted octanol–water partition coefficient (Wildman–Crippen LogP) is 5.09. The van der Waals surface area contributed by atoms with Gasteiger partial charge >= 0.3 is 5.97 Å². The van der Waals surface area contributed by atoms with Gasteiger partial charge in [0.2, 0.25) is 0 Å². The Bertz CT molecular complexity index is 593. The fourth-order valence-electron chi connectivity index (χ4n) is 2.86. The molecule has 2 rings (SSSR count). The van der Waals surface area contributed by atoms with Crippen LogP contribution >= 0.6 is 0 Å². The minimum atomic E-state index is -0.703. The van der Waals surface area contributed by atoms with E-state index in [2.05, 4.69) is 55.5 Å². The number of carbonyl (C=O) groups is 1. The molecule has 0 aliphatic heterocycles. The quantitative estimate of drug-likeness (QED) is 0.793. The van der Waals surface area contributed by atoms with E-state index in [0.29, 0.717) is 5.92 Å². The van der Waals surface area contributed by atoms with E-state index in [1.54, 1.807) is 6.92 Å². The van der Waals surface area contributed by atoms with Gasteiger partial charge in [-0.3, -0.25) is 4.79 Å². The lowest BCUT2D eigenvalue weighted by Crippen LogP contribution is -2.13. The van der Waals surface area contributed by atoms with Crippen LogP contribution in [0, 0.1) is 11.8 Å². The van der Waals surface area contributed by atoms with E-state index in [1.165, 1.54) is 16.7 Å². The van der Waals surface area contributed by atoms with Gasteiger partial charge in [-0.25, -0.2) is 0 Å². The fourth-order valence-corrected chi connectivity index (χ4v) is 2.86. The third-order valence-corrected chi connectivity index (χ3v) is 4.06. The Balaban J connectivity index is 1.96. The lowest BCUT2D eigenvalue weighted by Gasteiger charge is -2.14. The third-order valence-electron chi connectivity index (χ3n) is 4.06. The maximum atomic E-state index is 10.9. The van der Waals surface area contributed by atoms with Crippen molar-refractivity contribution in [3.8, 4) is 0 Å². The Morgan fingerprint density at radius 2 is 1.86 bits per heavy atom. The summed E-state index contributed by atoms with van der Waals surface area (Å²) in [5.41, 5.74) is 3.78. The predicted molar refractivity (Wildman–Crippen MR) is 91.5 cm³/mol. The molecule has 0 spiro atoms. The van der Waals surface area contributed by atoms with Crippen LogP contribution < -0.4 is 0 Å². The van der Waals surface area contributed by atoms with Gasteiger partial charge in [-0.1, -0.05) is 74.1 Å². The zero-order chi connectivity index (χ0) is 15.9. The van der Waals surface area contributed by atoms with Crippen LogP contribution in [0.2, 0.25) is 0 Å². The molecule has 0 saturated heterocycles. The standard InChI is InChI=1S/C20H24O2/c1-15(13-16(2)20(21)22)14-17-7-6-10-19(12-11-17)18-8-4-3-5-9-18/h3-5,7-12,15-16H,6,13-14H2,1-2H3,(H,21,22)/t15-,16+/m0/s1. The highest BCUT2D eigenvalue weighted by Crippen LogP contribution is 2.25. The van der Waals surface area contributed by atoms with Crippen LogP contribution in [0.5, 0.6) is 0 Å². The van der Waals surface area contributed by atoms with Gasteiger partial charge in [-0.2, -0.15) is 0 Å². The molecule has 1 N–H and O–H groups in total. The molecule has 2 atom stereocenters. The first-order valence-corrected chi connectivity index (χ1v) is 7.91. The molecule has 0 radical (unpaired) electrons. The topological polar surface area (TPSA) is 37.3 Å². The first-order chi connectivity index (χ1) is 10.6. The summed E-state index contributed by atoms with van der Waals surface area (Å²) >= 11 is 0. The second-order valence-electron chi connectivity index (χ2n) is 6.16. The molecule has 1 aliphatic carbocycles. The van der Waals surface area contributed by atoms with Crippen LogP contribution in [-0.2, 0) is 4.79 Å². The first-order valence-electron chi connectivity index (χ1n) is 7.91. The molecule has 1 aromatic carbocycles. The van der Waals surface area contributed by atoms with Crippen molar-refractivity contribution in [1.82, 2.24) is 0 Å². The van der Waals surface area contributed by atoms with Crippen LogP contribution in [0.3, 0.4) is 0 Å². The highest BCUT2D eigenvalue weighted by atomic mass is 16.4. The number of hydrogen-bond acceptors (Lipinski definition) is 1. The van der Waals surface area contributed by atoms with E-state index >= 15 is 0 Å². The summed E-state index contributed by atoms with van der Waals surface area (Å²) in [6.45, 7) is 3.91. The normalized spacial score (nSPS) is 17.2. The Morgan fingerprint density at radius 1 is 1.14 bits per heavy atom. The van der Waals surface area contributed by atoms with Crippen molar-refractivity contribution in [2.24, 2.45) is 11.8 Å². The van der Waals surface area contributed by atoms with Gasteiger partial charge in [-0.05, 0) is 36.3 Å². The van der Waals surface area contributed by atoms with Crippen LogP contribution in [0.15, 0.2) is 60.2 Å². The molecule has 0 bridgehead atoms. The number of rotatable bonds is 6. The van der Waals surface area contributed by atoms with Gasteiger partial charge in [0.15, 0.2) is 0 Å². The van der Waals surface area contributed by atoms with Crippen molar-refractivity contribution in [1.29, 1.82) is 0 Å². The van der Waals surface area contributed by atoms with Gasteiger partial charge in [0.1, 0.15) is 0 Å². The van der Waals surface area contributed by atoms with E-state index in [4.69, 9.17) is 5.11 Å². The summed E-state index contributed by atoms with van der Waals surface area (Å²) < 4.78 is 0. The number of benzene rings is 1. The zero-order valence-electron chi connectivity index (χ0n) is 13.3. The minimum Gasteiger partial charge on any atom is -0.481 e. The number of carboxylic acids is 1. The van der Waals surface area contributed by atoms with Crippen LogP contribution in [-0.4, -0.2) is 11.1 Å². The second-order valence-corrected chi connectivity index (χ2v) is 6.16. The van der Waals surface area contributed by atoms with Gasteiger partial charge in [0.05, 0.1) is 5.92 Å². The van der Waals surface area contributed by atoms with Crippen LogP contribution in [0.1, 0.15) is 38.7 Å². The average molecular weight is 296 g/mol. The van der Waals surface area contributed by atoms with E-state index in [1.807, 2.05) is 6.07 Å². The molecule has 0 aromatic heterocycles. The van der Waals surface area contributed by atoms with Gasteiger partial charge in [0, 0.05) is 0 Å². The van der Waals surface area contributed by atoms with Gasteiger partial charge in [-0.15, -0.1) is 0 Å². The Morgan fingerprint density at radius 3 is 2.55 bits per heavy atom. The van der Waals surface area contributed by atoms with Crippen LogP contribution in [0.4, 0.5) is 0 Å². The smallest absolute Gasteiger partial charge is 0.306 e. The molecule has 0 heterocycles. The maximum Gasteiger partial charge on any atom is 0.306 e. The monoisotopic (exact) mass is 296 g/mol. The molecular formula is C20H24O2. The third kappa shape index (κ3) is 4.73. The number of hydrogen-bond donors (Lipinski definition) is 1. The van der Waals surface area contributed by atoms with Crippen molar-refractivity contribution < 1.29 is 9.90 Å². The van der Waals surface area contributed by atoms with Crippen molar-refractivity contribution in [3.05, 3.63) is 65.8 Å². The first kappa shape index (κ1) is 16.3. The number of carboxylic acid groups (broad SMARTS) is 1. The van der Waals surface area contributed by atoms with Crippen molar-refractivity contribution in [2.75, 3.05) is 0 Å². The zero-order valence-corrected chi connectivity index (χ0v) is 13.3. The molecule has 1 aliphatic rings. The van der Waals surface area contributed by atoms with E-state index in [-0.39, 0.29) is 5.92 Å². The molecule has 2 heteroatoms. The van der Waals surface area contributed by atoms with Crippen molar-refractivity contribution in [3.63, 3.8) is 0 Å². The summed E-state index contributed by atoms with van der Waals surface area (Å²) in [5, 5.41) is 9.01. The molecule has 0 fully saturated rings. The summed E-state index contributed by atoms with van der Waals surface area (Å²) in [7, 11) is 0. The van der Waals surface area contributed by atoms with E-state index < -0.39 is 5.97 Å². The van der Waals surface area contributed by atoms with Crippen molar-refractivity contribution >= 4 is 11.5 Å².